The first-order chi connectivity index (χ1) is 7.50. The Morgan fingerprint density at radius 1 is 1.00 bits per heavy atom. The van der Waals surface area contributed by atoms with Gasteiger partial charge in [0.1, 0.15) is 5.82 Å². The molecule has 0 nitrogen and oxygen atoms in total. The molecule has 1 aromatic carbocycles. The summed E-state index contributed by atoms with van der Waals surface area (Å²) in [6, 6.07) is 0.532. The minimum absolute atomic E-state index is 0.193. The predicted octanol–water partition coefficient (Wildman–Crippen LogP) is 4.60. The molecular weight excluding hydrogens is 277 g/mol. The molecule has 0 aromatic heterocycles. The number of rotatable bonds is 1. The molecule has 0 radical (unpaired) electrons. The topological polar surface area (TPSA) is 0 Å². The summed E-state index contributed by atoms with van der Waals surface area (Å²) in [5.74, 6) is -1.53. The van der Waals surface area contributed by atoms with Gasteiger partial charge in [0.25, 0.3) is 0 Å². The monoisotopic (exact) mass is 280 g/mol. The lowest BCUT2D eigenvalue weighted by molar-refractivity contribution is -0.138. The van der Waals surface area contributed by atoms with E-state index in [0.717, 1.165) is 0 Å². The Morgan fingerprint density at radius 2 is 1.53 bits per heavy atom. The second-order valence-corrected chi connectivity index (χ2v) is 3.61. The van der Waals surface area contributed by atoms with Crippen molar-refractivity contribution in [3.63, 3.8) is 0 Å². The molecule has 0 saturated heterocycles. The molecule has 17 heavy (non-hydrogen) atoms. The van der Waals surface area contributed by atoms with Crippen LogP contribution in [0.5, 0.6) is 0 Å². The van der Waals surface area contributed by atoms with Gasteiger partial charge in [0.2, 0.25) is 0 Å². The van der Waals surface area contributed by atoms with Crippen molar-refractivity contribution < 1.29 is 30.7 Å². The molecule has 0 unspecified atom stereocenters. The number of halogens is 8. The van der Waals surface area contributed by atoms with E-state index in [4.69, 9.17) is 11.6 Å². The number of hydrogen-bond donors (Lipinski definition) is 0. The largest absolute Gasteiger partial charge is 0.417 e. The van der Waals surface area contributed by atoms with Gasteiger partial charge in [-0.2, -0.15) is 26.3 Å². The van der Waals surface area contributed by atoms with Gasteiger partial charge in [0, 0.05) is 0 Å². The Balaban J connectivity index is 3.25. The Hall–Kier alpha value is -0.980. The Kier molecular flexibility index (Phi) is 3.61. The van der Waals surface area contributed by atoms with Gasteiger partial charge < -0.3 is 0 Å². The second kappa shape index (κ2) is 4.36. The molecule has 0 atom stereocenters. The van der Waals surface area contributed by atoms with Crippen LogP contribution >= 0.6 is 11.6 Å². The van der Waals surface area contributed by atoms with Crippen LogP contribution in [0.4, 0.5) is 30.7 Å². The third kappa shape index (κ3) is 3.76. The summed E-state index contributed by atoms with van der Waals surface area (Å²) < 4.78 is 85.8. The van der Waals surface area contributed by atoms with E-state index in [-0.39, 0.29) is 6.07 Å². The molecule has 0 spiro atoms. The number of benzene rings is 1. The van der Waals surface area contributed by atoms with Gasteiger partial charge in [-0.05, 0) is 17.7 Å². The Labute approximate surface area is 96.0 Å². The van der Waals surface area contributed by atoms with E-state index in [1.807, 2.05) is 0 Å². The third-order valence-electron chi connectivity index (χ3n) is 1.80. The van der Waals surface area contributed by atoms with Crippen LogP contribution in [-0.4, -0.2) is 6.18 Å². The summed E-state index contributed by atoms with van der Waals surface area (Å²) in [5.41, 5.74) is -2.44. The normalized spacial score (nSPS) is 12.9. The Morgan fingerprint density at radius 3 is 1.94 bits per heavy atom. The molecule has 0 fully saturated rings. The molecule has 0 saturated carbocycles. The molecule has 0 heterocycles. The lowest BCUT2D eigenvalue weighted by atomic mass is 10.1. The van der Waals surface area contributed by atoms with E-state index in [2.05, 4.69) is 0 Å². The highest BCUT2D eigenvalue weighted by Crippen LogP contribution is 2.37. The van der Waals surface area contributed by atoms with E-state index in [1.165, 1.54) is 0 Å². The molecule has 96 valence electrons. The van der Waals surface area contributed by atoms with Crippen molar-refractivity contribution in [2.75, 3.05) is 0 Å². The van der Waals surface area contributed by atoms with Crippen molar-refractivity contribution in [3.8, 4) is 0 Å². The van der Waals surface area contributed by atoms with Crippen molar-refractivity contribution in [1.29, 1.82) is 0 Å². The minimum atomic E-state index is -5.00. The maximum Gasteiger partial charge on any atom is 0.417 e. The van der Waals surface area contributed by atoms with E-state index in [1.54, 1.807) is 0 Å². The van der Waals surface area contributed by atoms with E-state index in [9.17, 15) is 30.7 Å². The molecule has 1 rings (SSSR count). The lowest BCUT2D eigenvalue weighted by Crippen LogP contribution is -2.14. The van der Waals surface area contributed by atoms with E-state index < -0.39 is 40.7 Å². The SMILES string of the molecule is Fc1cc(CC(F)(F)F)cc(C(F)(F)F)c1Cl. The third-order valence-corrected chi connectivity index (χ3v) is 2.18. The van der Waals surface area contributed by atoms with Crippen LogP contribution in [-0.2, 0) is 12.6 Å². The first kappa shape index (κ1) is 14.1. The zero-order chi connectivity index (χ0) is 13.4. The zero-order valence-corrected chi connectivity index (χ0v) is 8.64. The van der Waals surface area contributed by atoms with Gasteiger partial charge in [-0.1, -0.05) is 11.6 Å². The van der Waals surface area contributed by atoms with Crippen molar-refractivity contribution in [3.05, 3.63) is 34.1 Å². The predicted molar refractivity (Wildman–Crippen MR) is 46.2 cm³/mol. The van der Waals surface area contributed by atoms with Crippen molar-refractivity contribution in [2.24, 2.45) is 0 Å². The summed E-state index contributed by atoms with van der Waals surface area (Å²) in [6.07, 6.45) is -11.4. The van der Waals surface area contributed by atoms with Gasteiger partial charge in [-0.25, -0.2) is 4.39 Å². The standard InChI is InChI=1S/C9H4ClF7/c10-7-5(9(15,16)17)1-4(2-6(7)11)3-8(12,13)14/h1-2H,3H2. The van der Waals surface area contributed by atoms with Crippen LogP contribution in [0.1, 0.15) is 11.1 Å². The first-order valence-electron chi connectivity index (χ1n) is 4.12. The molecule has 8 heteroatoms. The van der Waals surface area contributed by atoms with Gasteiger partial charge in [0.15, 0.2) is 0 Å². The van der Waals surface area contributed by atoms with Gasteiger partial charge >= 0.3 is 12.4 Å². The fourth-order valence-electron chi connectivity index (χ4n) is 1.18. The van der Waals surface area contributed by atoms with Crippen molar-refractivity contribution >= 4 is 11.6 Å². The fraction of sp³-hybridized carbons (Fsp3) is 0.333. The van der Waals surface area contributed by atoms with Gasteiger partial charge in [-0.3, -0.25) is 0 Å². The molecule has 0 aliphatic heterocycles. The average Bonchev–Trinajstić information content (AvgIpc) is 2.06. The maximum atomic E-state index is 12.9. The van der Waals surface area contributed by atoms with Crippen LogP contribution in [0.3, 0.4) is 0 Å². The molecular formula is C9H4ClF7. The maximum absolute atomic E-state index is 12.9. The number of alkyl halides is 6. The molecule has 0 aliphatic carbocycles. The summed E-state index contributed by atoms with van der Waals surface area (Å²) in [5, 5.41) is -1.23. The van der Waals surface area contributed by atoms with E-state index >= 15 is 0 Å². The summed E-state index contributed by atoms with van der Waals surface area (Å²) >= 11 is 5.04. The van der Waals surface area contributed by atoms with Crippen molar-refractivity contribution in [1.82, 2.24) is 0 Å². The molecule has 1 aromatic rings. The second-order valence-electron chi connectivity index (χ2n) is 3.23. The van der Waals surface area contributed by atoms with Gasteiger partial charge in [0.05, 0.1) is 17.0 Å². The van der Waals surface area contributed by atoms with Crippen LogP contribution in [0.2, 0.25) is 5.02 Å². The quantitative estimate of drug-likeness (QED) is 0.659. The Bertz CT molecular complexity index is 419. The summed E-state index contributed by atoms with van der Waals surface area (Å²) in [6.45, 7) is 0. The van der Waals surface area contributed by atoms with Crippen LogP contribution in [0, 0.1) is 5.82 Å². The highest BCUT2D eigenvalue weighted by atomic mass is 35.5. The average molecular weight is 281 g/mol. The fourth-order valence-corrected chi connectivity index (χ4v) is 1.40. The molecule has 0 bridgehead atoms. The molecule has 0 N–H and O–H groups in total. The zero-order valence-electron chi connectivity index (χ0n) is 7.89. The summed E-state index contributed by atoms with van der Waals surface area (Å²) in [7, 11) is 0. The van der Waals surface area contributed by atoms with Crippen molar-refractivity contribution in [2.45, 2.75) is 18.8 Å². The molecule has 0 aliphatic rings. The first-order valence-corrected chi connectivity index (χ1v) is 4.50. The van der Waals surface area contributed by atoms with E-state index in [0.29, 0.717) is 6.07 Å². The van der Waals surface area contributed by atoms with Crippen LogP contribution in [0.25, 0.3) is 0 Å². The highest BCUT2D eigenvalue weighted by Gasteiger charge is 2.36. The van der Waals surface area contributed by atoms with Crippen LogP contribution < -0.4 is 0 Å². The smallest absolute Gasteiger partial charge is 0.205 e. The summed E-state index contributed by atoms with van der Waals surface area (Å²) in [4.78, 5) is 0. The molecule has 0 amide bonds. The minimum Gasteiger partial charge on any atom is -0.205 e. The number of hydrogen-bond acceptors (Lipinski definition) is 0. The lowest BCUT2D eigenvalue weighted by Gasteiger charge is -2.13. The van der Waals surface area contributed by atoms with Gasteiger partial charge in [-0.15, -0.1) is 0 Å². The van der Waals surface area contributed by atoms with Crippen LogP contribution in [0.15, 0.2) is 12.1 Å². The highest BCUT2D eigenvalue weighted by molar-refractivity contribution is 6.31.